The summed E-state index contributed by atoms with van der Waals surface area (Å²) in [7, 11) is -3.46. The molecule has 16 heavy (non-hydrogen) atoms. The van der Waals surface area contributed by atoms with E-state index in [1.54, 1.807) is 6.07 Å². The third kappa shape index (κ3) is 4.06. The lowest BCUT2D eigenvalue weighted by Crippen LogP contribution is -2.46. The minimum absolute atomic E-state index is 0.369. The molecule has 0 radical (unpaired) electrons. The first-order chi connectivity index (χ1) is 7.56. The number of hydrogen-bond donors (Lipinski definition) is 2. The van der Waals surface area contributed by atoms with Gasteiger partial charge in [-0.25, -0.2) is 13.1 Å². The Morgan fingerprint density at radius 2 is 2.12 bits per heavy atom. The molecule has 0 aromatic rings. The van der Waals surface area contributed by atoms with Crippen LogP contribution >= 0.6 is 0 Å². The molecule has 7 heteroatoms. The van der Waals surface area contributed by atoms with E-state index >= 15 is 0 Å². The van der Waals surface area contributed by atoms with Crippen LogP contribution in [0.4, 0.5) is 0 Å². The first-order valence-corrected chi connectivity index (χ1v) is 6.92. The lowest BCUT2D eigenvalue weighted by molar-refractivity contribution is 0.245. The highest BCUT2D eigenvalue weighted by Gasteiger charge is 2.19. The predicted octanol–water partition coefficient (Wildman–Crippen LogP) is -1.28. The van der Waals surface area contributed by atoms with E-state index in [9.17, 15) is 8.42 Å². The van der Waals surface area contributed by atoms with E-state index in [2.05, 4.69) is 14.9 Å². The van der Waals surface area contributed by atoms with E-state index in [4.69, 9.17) is 5.26 Å². The van der Waals surface area contributed by atoms with Gasteiger partial charge >= 0.3 is 0 Å². The normalized spacial score (nSPS) is 20.2. The van der Waals surface area contributed by atoms with Crippen molar-refractivity contribution in [2.75, 3.05) is 39.3 Å². The third-order valence-electron chi connectivity index (χ3n) is 2.59. The molecule has 92 valence electrons. The zero-order chi connectivity index (χ0) is 12.0. The summed E-state index contributed by atoms with van der Waals surface area (Å²) in [4.78, 5) is 2.19. The highest BCUT2D eigenvalue weighted by Crippen LogP contribution is 1.96. The second-order valence-electron chi connectivity index (χ2n) is 3.80. The zero-order valence-electron chi connectivity index (χ0n) is 9.44. The van der Waals surface area contributed by atoms with Gasteiger partial charge in [0.15, 0.2) is 5.25 Å². The number of nitrogens with one attached hydrogen (secondary N) is 2. The average Bonchev–Trinajstić information content (AvgIpc) is 2.29. The van der Waals surface area contributed by atoms with Gasteiger partial charge in [0.2, 0.25) is 10.0 Å². The highest BCUT2D eigenvalue weighted by molar-refractivity contribution is 7.90. The fourth-order valence-electron chi connectivity index (χ4n) is 1.48. The maximum atomic E-state index is 11.4. The Morgan fingerprint density at radius 1 is 1.50 bits per heavy atom. The Bertz CT molecular complexity index is 343. The summed E-state index contributed by atoms with van der Waals surface area (Å²) in [6, 6.07) is 1.72. The summed E-state index contributed by atoms with van der Waals surface area (Å²) in [6.07, 6.45) is 0. The molecule has 1 atom stereocenters. The van der Waals surface area contributed by atoms with Crippen LogP contribution in [-0.2, 0) is 10.0 Å². The molecule has 1 aliphatic rings. The van der Waals surface area contributed by atoms with Gasteiger partial charge in [0, 0.05) is 39.3 Å². The number of piperazine rings is 1. The second-order valence-corrected chi connectivity index (χ2v) is 5.89. The van der Waals surface area contributed by atoms with E-state index in [1.807, 2.05) is 0 Å². The van der Waals surface area contributed by atoms with Gasteiger partial charge in [0.1, 0.15) is 0 Å². The van der Waals surface area contributed by atoms with Crippen LogP contribution in [0.15, 0.2) is 0 Å². The van der Waals surface area contributed by atoms with Crippen LogP contribution in [0.3, 0.4) is 0 Å². The molecular weight excluding hydrogens is 228 g/mol. The molecule has 0 bridgehead atoms. The van der Waals surface area contributed by atoms with E-state index in [-0.39, 0.29) is 0 Å². The molecule has 0 amide bonds. The molecule has 1 aliphatic heterocycles. The molecule has 1 unspecified atom stereocenters. The van der Waals surface area contributed by atoms with Crippen molar-refractivity contribution in [3.8, 4) is 6.07 Å². The van der Waals surface area contributed by atoms with Crippen molar-refractivity contribution in [2.24, 2.45) is 0 Å². The molecule has 0 spiro atoms. The number of hydrogen-bond acceptors (Lipinski definition) is 5. The quantitative estimate of drug-likeness (QED) is 0.631. The van der Waals surface area contributed by atoms with Gasteiger partial charge in [-0.2, -0.15) is 5.26 Å². The first kappa shape index (κ1) is 13.4. The lowest BCUT2D eigenvalue weighted by atomic mass is 10.3. The van der Waals surface area contributed by atoms with Crippen molar-refractivity contribution in [1.82, 2.24) is 14.9 Å². The Balaban J connectivity index is 2.27. The zero-order valence-corrected chi connectivity index (χ0v) is 10.3. The summed E-state index contributed by atoms with van der Waals surface area (Å²) in [5.74, 6) is 0. The number of rotatable bonds is 5. The van der Waals surface area contributed by atoms with Crippen LogP contribution in [0.5, 0.6) is 0 Å². The number of nitrogens with zero attached hydrogens (tertiary/aromatic N) is 2. The van der Waals surface area contributed by atoms with Crippen LogP contribution in [0, 0.1) is 11.3 Å². The smallest absolute Gasteiger partial charge is 0.227 e. The van der Waals surface area contributed by atoms with Gasteiger partial charge < -0.3 is 5.32 Å². The van der Waals surface area contributed by atoms with Gasteiger partial charge in [0.05, 0.1) is 6.07 Å². The Labute approximate surface area is 96.7 Å². The molecule has 0 aliphatic carbocycles. The maximum absolute atomic E-state index is 11.4. The van der Waals surface area contributed by atoms with Crippen LogP contribution in [0.1, 0.15) is 6.92 Å². The summed E-state index contributed by atoms with van der Waals surface area (Å²) < 4.78 is 25.3. The number of sulfonamides is 1. The molecule has 0 saturated carbocycles. The van der Waals surface area contributed by atoms with Crippen molar-refractivity contribution in [1.29, 1.82) is 5.26 Å². The monoisotopic (exact) mass is 246 g/mol. The van der Waals surface area contributed by atoms with Crippen molar-refractivity contribution in [3.05, 3.63) is 0 Å². The van der Waals surface area contributed by atoms with E-state index in [1.165, 1.54) is 6.92 Å². The van der Waals surface area contributed by atoms with E-state index < -0.39 is 15.3 Å². The Kier molecular flexibility index (Phi) is 5.15. The Morgan fingerprint density at radius 3 is 2.69 bits per heavy atom. The predicted molar refractivity (Wildman–Crippen MR) is 61.3 cm³/mol. The SMILES string of the molecule is CC(C#N)S(=O)(=O)NCCN1CCNCC1. The largest absolute Gasteiger partial charge is 0.314 e. The highest BCUT2D eigenvalue weighted by atomic mass is 32.2. The van der Waals surface area contributed by atoms with Gasteiger partial charge in [-0.1, -0.05) is 0 Å². The van der Waals surface area contributed by atoms with Gasteiger partial charge in [-0.3, -0.25) is 4.90 Å². The summed E-state index contributed by atoms with van der Waals surface area (Å²) in [5.41, 5.74) is 0. The molecule has 1 heterocycles. The minimum atomic E-state index is -3.46. The first-order valence-electron chi connectivity index (χ1n) is 5.37. The summed E-state index contributed by atoms with van der Waals surface area (Å²) >= 11 is 0. The average molecular weight is 246 g/mol. The van der Waals surface area contributed by atoms with Gasteiger partial charge in [0.25, 0.3) is 0 Å². The minimum Gasteiger partial charge on any atom is -0.314 e. The molecule has 2 N–H and O–H groups in total. The van der Waals surface area contributed by atoms with Gasteiger partial charge in [-0.05, 0) is 6.92 Å². The summed E-state index contributed by atoms with van der Waals surface area (Å²) in [6.45, 7) is 6.22. The molecule has 0 aromatic carbocycles. The Hall–Kier alpha value is -0.680. The van der Waals surface area contributed by atoms with E-state index in [0.717, 1.165) is 26.2 Å². The van der Waals surface area contributed by atoms with Crippen molar-refractivity contribution in [2.45, 2.75) is 12.2 Å². The molecule has 1 fully saturated rings. The fraction of sp³-hybridized carbons (Fsp3) is 0.889. The molecule has 6 nitrogen and oxygen atoms in total. The molecular formula is C9H18N4O2S. The van der Waals surface area contributed by atoms with Crippen LogP contribution < -0.4 is 10.0 Å². The number of nitriles is 1. The fourth-order valence-corrected chi connectivity index (χ4v) is 2.24. The van der Waals surface area contributed by atoms with Gasteiger partial charge in [-0.15, -0.1) is 0 Å². The third-order valence-corrected chi connectivity index (χ3v) is 4.23. The molecule has 1 rings (SSSR count). The van der Waals surface area contributed by atoms with Crippen molar-refractivity contribution >= 4 is 10.0 Å². The molecule has 1 saturated heterocycles. The second kappa shape index (κ2) is 6.15. The lowest BCUT2D eigenvalue weighted by Gasteiger charge is -2.27. The van der Waals surface area contributed by atoms with E-state index in [0.29, 0.717) is 13.1 Å². The van der Waals surface area contributed by atoms with Crippen molar-refractivity contribution < 1.29 is 8.42 Å². The van der Waals surface area contributed by atoms with Crippen LogP contribution in [0.25, 0.3) is 0 Å². The summed E-state index contributed by atoms with van der Waals surface area (Å²) in [5, 5.41) is 10.8. The van der Waals surface area contributed by atoms with Crippen molar-refractivity contribution in [3.63, 3.8) is 0 Å². The van der Waals surface area contributed by atoms with Crippen LogP contribution in [-0.4, -0.2) is 57.8 Å². The maximum Gasteiger partial charge on any atom is 0.227 e. The topological polar surface area (TPSA) is 85.2 Å². The van der Waals surface area contributed by atoms with Crippen LogP contribution in [0.2, 0.25) is 0 Å². The standard InChI is InChI=1S/C9H18N4O2S/c1-9(8-10)16(14,15)12-4-7-13-5-2-11-3-6-13/h9,11-12H,2-7H2,1H3. The molecule has 0 aromatic heterocycles.